The Morgan fingerprint density at radius 1 is 1.39 bits per heavy atom. The number of benzene rings is 1. The average Bonchev–Trinajstić information content (AvgIpc) is 2.78. The highest BCUT2D eigenvalue weighted by molar-refractivity contribution is 7.99. The van der Waals surface area contributed by atoms with Crippen LogP contribution < -0.4 is 4.90 Å². The highest BCUT2D eigenvalue weighted by Gasteiger charge is 2.22. The Morgan fingerprint density at radius 2 is 2.22 bits per heavy atom. The second-order valence-corrected chi connectivity index (χ2v) is 7.19. The van der Waals surface area contributed by atoms with Crippen LogP contribution in [-0.2, 0) is 0 Å². The SMILES string of the molecule is CSC1CCCCN(c2c(C#N)cnc3c(C)cc(F)cc23)C1. The van der Waals surface area contributed by atoms with E-state index in [1.165, 1.54) is 25.0 Å². The van der Waals surface area contributed by atoms with Gasteiger partial charge in [0.15, 0.2) is 0 Å². The molecule has 5 heteroatoms. The predicted molar refractivity (Wildman–Crippen MR) is 94.5 cm³/mol. The molecule has 1 unspecified atom stereocenters. The Hall–Kier alpha value is -1.80. The van der Waals surface area contributed by atoms with Crippen molar-refractivity contribution < 1.29 is 4.39 Å². The molecule has 1 fully saturated rings. The lowest BCUT2D eigenvalue weighted by Crippen LogP contribution is -2.30. The van der Waals surface area contributed by atoms with E-state index in [0.29, 0.717) is 10.8 Å². The molecule has 0 amide bonds. The number of pyridine rings is 1. The van der Waals surface area contributed by atoms with E-state index in [1.807, 2.05) is 18.7 Å². The molecule has 1 aromatic heterocycles. The Morgan fingerprint density at radius 3 is 2.96 bits per heavy atom. The van der Waals surface area contributed by atoms with Crippen LogP contribution >= 0.6 is 11.8 Å². The lowest BCUT2D eigenvalue weighted by atomic mass is 10.0. The highest BCUT2D eigenvalue weighted by atomic mass is 32.2. The number of hydrogen-bond donors (Lipinski definition) is 0. The number of nitrogens with zero attached hydrogens (tertiary/aromatic N) is 3. The van der Waals surface area contributed by atoms with Gasteiger partial charge in [-0.2, -0.15) is 17.0 Å². The van der Waals surface area contributed by atoms with Gasteiger partial charge in [0.25, 0.3) is 0 Å². The van der Waals surface area contributed by atoms with Crippen molar-refractivity contribution in [3.63, 3.8) is 0 Å². The van der Waals surface area contributed by atoms with E-state index in [-0.39, 0.29) is 5.82 Å². The van der Waals surface area contributed by atoms with Crippen molar-refractivity contribution >= 4 is 28.4 Å². The zero-order valence-electron chi connectivity index (χ0n) is 13.5. The van der Waals surface area contributed by atoms with Crippen molar-refractivity contribution in [2.75, 3.05) is 24.2 Å². The van der Waals surface area contributed by atoms with Crippen LogP contribution in [0.1, 0.15) is 30.4 Å². The van der Waals surface area contributed by atoms with E-state index < -0.39 is 0 Å². The molecule has 0 aliphatic carbocycles. The molecule has 0 saturated carbocycles. The van der Waals surface area contributed by atoms with Gasteiger partial charge in [-0.15, -0.1) is 0 Å². The summed E-state index contributed by atoms with van der Waals surface area (Å²) in [6, 6.07) is 5.26. The first-order chi connectivity index (χ1) is 11.1. The smallest absolute Gasteiger partial charge is 0.124 e. The standard InChI is InChI=1S/C18H20FN3S/c1-12-7-14(19)8-16-17(12)21-10-13(9-20)18(16)22-6-4-3-5-15(11-22)23-2/h7-8,10,15H,3-6,11H2,1-2H3. The Kier molecular flexibility index (Phi) is 4.72. The molecule has 2 heterocycles. The summed E-state index contributed by atoms with van der Waals surface area (Å²) in [6.07, 6.45) is 7.24. The minimum absolute atomic E-state index is 0.274. The molecule has 1 saturated heterocycles. The Balaban J connectivity index is 2.19. The normalized spacial score (nSPS) is 18.7. The summed E-state index contributed by atoms with van der Waals surface area (Å²) in [5, 5.41) is 10.8. The van der Waals surface area contributed by atoms with Gasteiger partial charge in [-0.05, 0) is 43.7 Å². The molecule has 1 aromatic carbocycles. The van der Waals surface area contributed by atoms with E-state index in [1.54, 1.807) is 6.20 Å². The average molecular weight is 329 g/mol. The number of halogens is 1. The second-order valence-electron chi connectivity index (χ2n) is 6.05. The fourth-order valence-corrected chi connectivity index (χ4v) is 4.08. The fourth-order valence-electron chi connectivity index (χ4n) is 3.34. The van der Waals surface area contributed by atoms with Gasteiger partial charge < -0.3 is 4.90 Å². The third kappa shape index (κ3) is 3.13. The predicted octanol–water partition coefficient (Wildman–Crippen LogP) is 4.28. The van der Waals surface area contributed by atoms with Gasteiger partial charge in [0.1, 0.15) is 11.9 Å². The molecule has 2 aromatic rings. The minimum atomic E-state index is -0.274. The summed E-state index contributed by atoms with van der Waals surface area (Å²) in [5.74, 6) is -0.274. The number of thioether (sulfide) groups is 1. The minimum Gasteiger partial charge on any atom is -0.369 e. The zero-order valence-corrected chi connectivity index (χ0v) is 14.3. The highest BCUT2D eigenvalue weighted by Crippen LogP contribution is 2.34. The van der Waals surface area contributed by atoms with Crippen molar-refractivity contribution in [1.29, 1.82) is 5.26 Å². The van der Waals surface area contributed by atoms with Gasteiger partial charge in [0.05, 0.1) is 16.8 Å². The van der Waals surface area contributed by atoms with Crippen LogP contribution in [0.5, 0.6) is 0 Å². The monoisotopic (exact) mass is 329 g/mol. The molecule has 1 atom stereocenters. The third-order valence-corrected chi connectivity index (χ3v) is 5.55. The van der Waals surface area contributed by atoms with E-state index in [4.69, 9.17) is 0 Å². The lowest BCUT2D eigenvalue weighted by Gasteiger charge is -2.28. The maximum Gasteiger partial charge on any atom is 0.124 e. The van der Waals surface area contributed by atoms with Crippen molar-refractivity contribution in [1.82, 2.24) is 4.98 Å². The van der Waals surface area contributed by atoms with Crippen LogP contribution in [0, 0.1) is 24.1 Å². The number of aryl methyl sites for hydroxylation is 1. The van der Waals surface area contributed by atoms with Crippen LogP contribution in [0.25, 0.3) is 10.9 Å². The summed E-state index contributed by atoms with van der Waals surface area (Å²) in [7, 11) is 0. The molecule has 3 nitrogen and oxygen atoms in total. The van der Waals surface area contributed by atoms with Crippen molar-refractivity contribution in [3.8, 4) is 6.07 Å². The number of fused-ring (bicyclic) bond motifs is 1. The third-order valence-electron chi connectivity index (χ3n) is 4.50. The first-order valence-electron chi connectivity index (χ1n) is 7.90. The molecule has 3 rings (SSSR count). The summed E-state index contributed by atoms with van der Waals surface area (Å²) >= 11 is 1.87. The van der Waals surface area contributed by atoms with Gasteiger partial charge in [-0.3, -0.25) is 4.98 Å². The molecule has 0 spiro atoms. The van der Waals surface area contributed by atoms with E-state index in [0.717, 1.165) is 41.7 Å². The molecule has 0 radical (unpaired) electrons. The number of hydrogen-bond acceptors (Lipinski definition) is 4. The first kappa shape index (κ1) is 16.1. The molecular formula is C18H20FN3S. The quantitative estimate of drug-likeness (QED) is 0.824. The topological polar surface area (TPSA) is 39.9 Å². The van der Waals surface area contributed by atoms with Crippen LogP contribution in [0.2, 0.25) is 0 Å². The zero-order chi connectivity index (χ0) is 16.4. The van der Waals surface area contributed by atoms with Gasteiger partial charge >= 0.3 is 0 Å². The van der Waals surface area contributed by atoms with Crippen molar-refractivity contribution in [3.05, 3.63) is 35.3 Å². The van der Waals surface area contributed by atoms with Crippen molar-refractivity contribution in [2.24, 2.45) is 0 Å². The van der Waals surface area contributed by atoms with E-state index in [2.05, 4.69) is 22.2 Å². The number of rotatable bonds is 2. The van der Waals surface area contributed by atoms with Gasteiger partial charge in [-0.25, -0.2) is 4.39 Å². The molecular weight excluding hydrogens is 309 g/mol. The molecule has 23 heavy (non-hydrogen) atoms. The summed E-state index contributed by atoms with van der Waals surface area (Å²) in [5.41, 5.74) is 2.97. The molecule has 0 bridgehead atoms. The fraction of sp³-hybridized carbons (Fsp3) is 0.444. The van der Waals surface area contributed by atoms with Crippen LogP contribution in [0.4, 0.5) is 10.1 Å². The van der Waals surface area contributed by atoms with Crippen LogP contribution in [-0.4, -0.2) is 29.6 Å². The Labute approximate surface area is 140 Å². The molecule has 0 N–H and O–H groups in total. The van der Waals surface area contributed by atoms with E-state index >= 15 is 0 Å². The maximum atomic E-state index is 14.0. The van der Waals surface area contributed by atoms with Crippen molar-refractivity contribution in [2.45, 2.75) is 31.4 Å². The maximum absolute atomic E-state index is 14.0. The van der Waals surface area contributed by atoms with Gasteiger partial charge in [-0.1, -0.05) is 6.42 Å². The van der Waals surface area contributed by atoms with Crippen LogP contribution in [0.3, 0.4) is 0 Å². The number of anilines is 1. The Bertz CT molecular complexity index is 769. The van der Waals surface area contributed by atoms with E-state index in [9.17, 15) is 9.65 Å². The lowest BCUT2D eigenvalue weighted by molar-refractivity contribution is 0.628. The second kappa shape index (κ2) is 6.76. The summed E-state index contributed by atoms with van der Waals surface area (Å²) in [4.78, 5) is 6.65. The summed E-state index contributed by atoms with van der Waals surface area (Å²) in [6.45, 7) is 3.66. The number of nitriles is 1. The van der Waals surface area contributed by atoms with Gasteiger partial charge in [0.2, 0.25) is 0 Å². The molecule has 120 valence electrons. The molecule has 1 aliphatic rings. The van der Waals surface area contributed by atoms with Gasteiger partial charge in [0, 0.05) is 29.9 Å². The van der Waals surface area contributed by atoms with Crippen LogP contribution in [0.15, 0.2) is 18.3 Å². The molecule has 1 aliphatic heterocycles. The first-order valence-corrected chi connectivity index (χ1v) is 9.19. The largest absolute Gasteiger partial charge is 0.369 e. The summed E-state index contributed by atoms with van der Waals surface area (Å²) < 4.78 is 14.0. The number of aromatic nitrogens is 1.